The Hall–Kier alpha value is -3.12. The lowest BCUT2D eigenvalue weighted by Crippen LogP contribution is -2.23. The number of para-hydroxylation sites is 1. The summed E-state index contributed by atoms with van der Waals surface area (Å²) in [4.78, 5) is 12.4. The lowest BCUT2D eigenvalue weighted by atomic mass is 10.1. The molecule has 25 heavy (non-hydrogen) atoms. The molecule has 6 nitrogen and oxygen atoms in total. The van der Waals surface area contributed by atoms with Crippen molar-refractivity contribution in [3.05, 3.63) is 78.1 Å². The van der Waals surface area contributed by atoms with Gasteiger partial charge in [0.05, 0.1) is 12.3 Å². The summed E-state index contributed by atoms with van der Waals surface area (Å²) in [5.74, 6) is 0.480. The van der Waals surface area contributed by atoms with Gasteiger partial charge in [0.1, 0.15) is 12.4 Å². The van der Waals surface area contributed by atoms with E-state index in [9.17, 15) is 4.79 Å². The van der Waals surface area contributed by atoms with Crippen LogP contribution in [-0.4, -0.2) is 34.0 Å². The van der Waals surface area contributed by atoms with Gasteiger partial charge in [-0.3, -0.25) is 4.79 Å². The van der Waals surface area contributed by atoms with E-state index in [-0.39, 0.29) is 19.1 Å². The van der Waals surface area contributed by atoms with Crippen LogP contribution in [0.2, 0.25) is 0 Å². The Balaban J connectivity index is 1.68. The van der Waals surface area contributed by atoms with Crippen LogP contribution >= 0.6 is 0 Å². The van der Waals surface area contributed by atoms with Crippen LogP contribution in [0.3, 0.4) is 0 Å². The fourth-order valence-corrected chi connectivity index (χ4v) is 2.44. The number of ether oxygens (including phenoxy) is 1. The summed E-state index contributed by atoms with van der Waals surface area (Å²) in [6, 6.07) is 16.5. The standard InChI is InChI=1S/C19H19N3O3/c23-11-12-25-18-8-2-1-5-16(18)14-20-19(24)15-6-3-7-17(13-15)22-10-4-9-21-22/h1-10,13,23H,11-12,14H2,(H,20,24). The maximum Gasteiger partial charge on any atom is 0.251 e. The highest BCUT2D eigenvalue weighted by atomic mass is 16.5. The van der Waals surface area contributed by atoms with E-state index in [4.69, 9.17) is 9.84 Å². The van der Waals surface area contributed by atoms with Crippen LogP contribution < -0.4 is 10.1 Å². The number of carbonyl (C=O) groups is 1. The fourth-order valence-electron chi connectivity index (χ4n) is 2.44. The number of aliphatic hydroxyl groups is 1. The van der Waals surface area contributed by atoms with Crippen LogP contribution in [0.25, 0.3) is 5.69 Å². The monoisotopic (exact) mass is 337 g/mol. The van der Waals surface area contributed by atoms with E-state index in [1.165, 1.54) is 0 Å². The predicted octanol–water partition coefficient (Wildman–Crippen LogP) is 2.17. The Bertz CT molecular complexity index is 831. The second-order valence-corrected chi connectivity index (χ2v) is 5.36. The van der Waals surface area contributed by atoms with Crippen LogP contribution in [0.5, 0.6) is 5.75 Å². The summed E-state index contributed by atoms with van der Waals surface area (Å²) in [7, 11) is 0. The quantitative estimate of drug-likeness (QED) is 0.693. The molecule has 0 saturated heterocycles. The van der Waals surface area contributed by atoms with Gasteiger partial charge in [-0.25, -0.2) is 4.68 Å². The van der Waals surface area contributed by atoms with E-state index in [2.05, 4.69) is 10.4 Å². The first kappa shape index (κ1) is 16.7. The molecule has 0 atom stereocenters. The molecule has 0 saturated carbocycles. The molecule has 0 spiro atoms. The maximum atomic E-state index is 12.4. The predicted molar refractivity (Wildman–Crippen MR) is 93.8 cm³/mol. The highest BCUT2D eigenvalue weighted by molar-refractivity contribution is 5.94. The molecule has 3 rings (SSSR count). The summed E-state index contributed by atoms with van der Waals surface area (Å²) in [6.07, 6.45) is 3.52. The van der Waals surface area contributed by atoms with Crippen LogP contribution in [0, 0.1) is 0 Å². The van der Waals surface area contributed by atoms with Gasteiger partial charge < -0.3 is 15.2 Å². The van der Waals surface area contributed by atoms with Crippen LogP contribution in [-0.2, 0) is 6.54 Å². The van der Waals surface area contributed by atoms with Crippen molar-refractivity contribution in [2.24, 2.45) is 0 Å². The topological polar surface area (TPSA) is 76.4 Å². The summed E-state index contributed by atoms with van der Waals surface area (Å²) < 4.78 is 7.18. The molecule has 0 aliphatic carbocycles. The Morgan fingerprint density at radius 2 is 2.04 bits per heavy atom. The van der Waals surface area contributed by atoms with Gasteiger partial charge >= 0.3 is 0 Å². The van der Waals surface area contributed by atoms with Crippen molar-refractivity contribution in [1.29, 1.82) is 0 Å². The first-order valence-corrected chi connectivity index (χ1v) is 7.98. The number of amides is 1. The van der Waals surface area contributed by atoms with Gasteiger partial charge in [0.15, 0.2) is 0 Å². The molecule has 6 heteroatoms. The molecule has 0 bridgehead atoms. The number of nitrogens with zero attached hydrogens (tertiary/aromatic N) is 2. The maximum absolute atomic E-state index is 12.4. The smallest absolute Gasteiger partial charge is 0.251 e. The number of nitrogens with one attached hydrogen (secondary N) is 1. The number of hydrogen-bond acceptors (Lipinski definition) is 4. The molecule has 0 fully saturated rings. The summed E-state index contributed by atoms with van der Waals surface area (Å²) in [5.41, 5.74) is 2.23. The molecule has 0 unspecified atom stereocenters. The lowest BCUT2D eigenvalue weighted by Gasteiger charge is -2.12. The van der Waals surface area contributed by atoms with Crippen molar-refractivity contribution in [2.75, 3.05) is 13.2 Å². The van der Waals surface area contributed by atoms with Crippen molar-refractivity contribution in [3.8, 4) is 11.4 Å². The molecule has 1 heterocycles. The minimum Gasteiger partial charge on any atom is -0.491 e. The number of hydrogen-bond donors (Lipinski definition) is 2. The summed E-state index contributed by atoms with van der Waals surface area (Å²) >= 11 is 0. The molecule has 2 aromatic carbocycles. The fraction of sp³-hybridized carbons (Fsp3) is 0.158. The Morgan fingerprint density at radius 1 is 1.16 bits per heavy atom. The van der Waals surface area contributed by atoms with E-state index >= 15 is 0 Å². The third-order valence-corrected chi connectivity index (χ3v) is 3.64. The number of rotatable bonds is 7. The second kappa shape index (κ2) is 8.12. The van der Waals surface area contributed by atoms with Crippen molar-refractivity contribution in [2.45, 2.75) is 6.54 Å². The highest BCUT2D eigenvalue weighted by Crippen LogP contribution is 2.18. The van der Waals surface area contributed by atoms with E-state index in [0.29, 0.717) is 17.9 Å². The molecule has 0 radical (unpaired) electrons. The van der Waals surface area contributed by atoms with Gasteiger partial charge in [0, 0.05) is 30.1 Å². The first-order valence-electron chi connectivity index (χ1n) is 7.98. The molecule has 1 aromatic heterocycles. The molecule has 128 valence electrons. The lowest BCUT2D eigenvalue weighted by molar-refractivity contribution is 0.0950. The number of benzene rings is 2. The number of aliphatic hydroxyl groups excluding tert-OH is 1. The van der Waals surface area contributed by atoms with E-state index in [1.54, 1.807) is 23.0 Å². The Labute approximate surface area is 145 Å². The Kier molecular flexibility index (Phi) is 5.43. The third kappa shape index (κ3) is 4.24. The largest absolute Gasteiger partial charge is 0.491 e. The van der Waals surface area contributed by atoms with Crippen molar-refractivity contribution >= 4 is 5.91 Å². The molecular formula is C19H19N3O3. The zero-order valence-electron chi connectivity index (χ0n) is 13.6. The molecule has 0 aliphatic rings. The van der Waals surface area contributed by atoms with Crippen molar-refractivity contribution in [1.82, 2.24) is 15.1 Å². The first-order chi connectivity index (χ1) is 12.3. The van der Waals surface area contributed by atoms with Gasteiger partial charge in [-0.1, -0.05) is 24.3 Å². The summed E-state index contributed by atoms with van der Waals surface area (Å²) in [6.45, 7) is 0.504. The van der Waals surface area contributed by atoms with Gasteiger partial charge in [-0.05, 0) is 30.3 Å². The SMILES string of the molecule is O=C(NCc1ccccc1OCCO)c1cccc(-n2cccn2)c1. The van der Waals surface area contributed by atoms with Gasteiger partial charge in [0.25, 0.3) is 5.91 Å². The summed E-state index contributed by atoms with van der Waals surface area (Å²) in [5, 5.41) is 15.9. The minimum absolute atomic E-state index is 0.0546. The highest BCUT2D eigenvalue weighted by Gasteiger charge is 2.09. The van der Waals surface area contributed by atoms with Gasteiger partial charge in [0.2, 0.25) is 0 Å². The average molecular weight is 337 g/mol. The molecule has 0 aliphatic heterocycles. The van der Waals surface area contributed by atoms with E-state index in [1.807, 2.05) is 48.7 Å². The molecule has 3 aromatic rings. The minimum atomic E-state index is -0.175. The Morgan fingerprint density at radius 3 is 2.84 bits per heavy atom. The van der Waals surface area contributed by atoms with Crippen molar-refractivity contribution in [3.63, 3.8) is 0 Å². The average Bonchev–Trinajstić information content (AvgIpc) is 3.20. The normalized spacial score (nSPS) is 10.4. The number of carbonyl (C=O) groups excluding carboxylic acids is 1. The second-order valence-electron chi connectivity index (χ2n) is 5.36. The number of aromatic nitrogens is 2. The molecule has 1 amide bonds. The van der Waals surface area contributed by atoms with Crippen LogP contribution in [0.15, 0.2) is 67.0 Å². The zero-order chi connectivity index (χ0) is 17.5. The van der Waals surface area contributed by atoms with Crippen LogP contribution in [0.1, 0.15) is 15.9 Å². The zero-order valence-corrected chi connectivity index (χ0v) is 13.6. The van der Waals surface area contributed by atoms with Crippen LogP contribution in [0.4, 0.5) is 0 Å². The van der Waals surface area contributed by atoms with Gasteiger partial charge in [-0.15, -0.1) is 0 Å². The van der Waals surface area contributed by atoms with E-state index in [0.717, 1.165) is 11.3 Å². The molecule has 2 N–H and O–H groups in total. The van der Waals surface area contributed by atoms with E-state index < -0.39 is 0 Å². The van der Waals surface area contributed by atoms with Crippen molar-refractivity contribution < 1.29 is 14.6 Å². The van der Waals surface area contributed by atoms with Gasteiger partial charge in [-0.2, -0.15) is 5.10 Å². The molecular weight excluding hydrogens is 318 g/mol. The third-order valence-electron chi connectivity index (χ3n) is 3.64.